The number of pyridine rings is 2. The lowest BCUT2D eigenvalue weighted by atomic mass is 10.2. The smallest absolute Gasteiger partial charge is 0.255 e. The van der Waals surface area contributed by atoms with Crippen LogP contribution in [0, 0.1) is 0 Å². The van der Waals surface area contributed by atoms with Gasteiger partial charge in [-0.05, 0) is 40.2 Å². The highest BCUT2D eigenvalue weighted by molar-refractivity contribution is 9.10. The first-order valence-corrected chi connectivity index (χ1v) is 5.38. The van der Waals surface area contributed by atoms with E-state index in [4.69, 9.17) is 0 Å². The molecule has 0 saturated carbocycles. The van der Waals surface area contributed by atoms with Crippen molar-refractivity contribution in [3.63, 3.8) is 0 Å². The first-order valence-electron chi connectivity index (χ1n) is 4.58. The maximum absolute atomic E-state index is 11.8. The van der Waals surface area contributed by atoms with Gasteiger partial charge < -0.3 is 5.32 Å². The molecule has 0 atom stereocenters. The van der Waals surface area contributed by atoms with Gasteiger partial charge in [0.25, 0.3) is 5.91 Å². The molecule has 0 aliphatic carbocycles. The van der Waals surface area contributed by atoms with Gasteiger partial charge in [0, 0.05) is 18.0 Å². The van der Waals surface area contributed by atoms with E-state index in [2.05, 4.69) is 31.2 Å². The molecule has 0 aromatic carbocycles. The molecule has 0 unspecified atom stereocenters. The van der Waals surface area contributed by atoms with Crippen LogP contribution in [0.15, 0.2) is 47.5 Å². The number of halogens is 1. The van der Waals surface area contributed by atoms with Crippen LogP contribution in [-0.4, -0.2) is 15.9 Å². The summed E-state index contributed by atoms with van der Waals surface area (Å²) in [4.78, 5) is 19.6. The Kier molecular flexibility index (Phi) is 3.26. The fourth-order valence-electron chi connectivity index (χ4n) is 1.18. The summed E-state index contributed by atoms with van der Waals surface area (Å²) in [6.07, 6.45) is 4.81. The molecule has 80 valence electrons. The Bertz CT molecular complexity index is 502. The van der Waals surface area contributed by atoms with E-state index in [1.54, 1.807) is 42.9 Å². The average molecular weight is 278 g/mol. The maximum Gasteiger partial charge on any atom is 0.255 e. The Morgan fingerprint density at radius 1 is 1.31 bits per heavy atom. The van der Waals surface area contributed by atoms with Gasteiger partial charge in [0.15, 0.2) is 0 Å². The molecule has 0 saturated heterocycles. The molecule has 1 N–H and O–H groups in total. The zero-order valence-corrected chi connectivity index (χ0v) is 9.81. The highest BCUT2D eigenvalue weighted by atomic mass is 79.9. The number of anilines is 1. The number of hydrogen-bond acceptors (Lipinski definition) is 3. The fourth-order valence-corrected chi connectivity index (χ4v) is 1.55. The molecular weight excluding hydrogens is 270 g/mol. The summed E-state index contributed by atoms with van der Waals surface area (Å²) >= 11 is 3.21. The van der Waals surface area contributed by atoms with Crippen LogP contribution in [0.2, 0.25) is 0 Å². The minimum Gasteiger partial charge on any atom is -0.321 e. The van der Waals surface area contributed by atoms with Crippen molar-refractivity contribution in [1.82, 2.24) is 9.97 Å². The lowest BCUT2D eigenvalue weighted by molar-refractivity contribution is 0.102. The van der Waals surface area contributed by atoms with Crippen LogP contribution in [0.4, 0.5) is 5.69 Å². The number of carbonyl (C=O) groups is 1. The molecule has 2 rings (SSSR count). The zero-order valence-electron chi connectivity index (χ0n) is 8.22. The Morgan fingerprint density at radius 2 is 2.19 bits per heavy atom. The summed E-state index contributed by atoms with van der Waals surface area (Å²) in [7, 11) is 0. The van der Waals surface area contributed by atoms with Crippen molar-refractivity contribution in [3.8, 4) is 0 Å². The highest BCUT2D eigenvalue weighted by Gasteiger charge is 2.06. The molecule has 0 fully saturated rings. The molecule has 4 nitrogen and oxygen atoms in total. The second kappa shape index (κ2) is 4.85. The Labute approximate surface area is 101 Å². The number of aromatic nitrogens is 2. The van der Waals surface area contributed by atoms with Gasteiger partial charge in [-0.25, -0.2) is 4.98 Å². The van der Waals surface area contributed by atoms with Gasteiger partial charge >= 0.3 is 0 Å². The quantitative estimate of drug-likeness (QED) is 0.859. The summed E-state index contributed by atoms with van der Waals surface area (Å²) in [5.41, 5.74) is 1.21. The molecule has 1 amide bonds. The molecule has 0 bridgehead atoms. The summed E-state index contributed by atoms with van der Waals surface area (Å²) < 4.78 is 0.631. The van der Waals surface area contributed by atoms with Crippen LogP contribution in [0.1, 0.15) is 10.4 Å². The Balaban J connectivity index is 2.15. The van der Waals surface area contributed by atoms with Crippen molar-refractivity contribution in [2.24, 2.45) is 0 Å². The highest BCUT2D eigenvalue weighted by Crippen LogP contribution is 2.10. The fraction of sp³-hybridized carbons (Fsp3) is 0. The van der Waals surface area contributed by atoms with Crippen LogP contribution in [0.25, 0.3) is 0 Å². The van der Waals surface area contributed by atoms with Crippen molar-refractivity contribution in [2.45, 2.75) is 0 Å². The molecule has 5 heteroatoms. The summed E-state index contributed by atoms with van der Waals surface area (Å²) in [5.74, 6) is -0.184. The maximum atomic E-state index is 11.8. The van der Waals surface area contributed by atoms with E-state index in [0.29, 0.717) is 15.9 Å². The minimum absolute atomic E-state index is 0.184. The minimum atomic E-state index is -0.184. The Morgan fingerprint density at radius 3 is 2.88 bits per heavy atom. The number of rotatable bonds is 2. The largest absolute Gasteiger partial charge is 0.321 e. The second-order valence-electron chi connectivity index (χ2n) is 3.06. The van der Waals surface area contributed by atoms with E-state index in [-0.39, 0.29) is 5.91 Å². The van der Waals surface area contributed by atoms with Crippen molar-refractivity contribution in [2.75, 3.05) is 5.32 Å². The van der Waals surface area contributed by atoms with Gasteiger partial charge in [-0.1, -0.05) is 0 Å². The molecule has 0 aliphatic rings. The van der Waals surface area contributed by atoms with Crippen LogP contribution in [0.5, 0.6) is 0 Å². The van der Waals surface area contributed by atoms with Crippen molar-refractivity contribution < 1.29 is 4.79 Å². The number of nitrogens with zero attached hydrogens (tertiary/aromatic N) is 2. The summed E-state index contributed by atoms with van der Waals surface area (Å²) in [6.45, 7) is 0. The van der Waals surface area contributed by atoms with Crippen LogP contribution >= 0.6 is 15.9 Å². The number of carbonyl (C=O) groups excluding carboxylic acids is 1. The number of hydrogen-bond donors (Lipinski definition) is 1. The normalized spacial score (nSPS) is 9.81. The molecular formula is C11H8BrN3O. The average Bonchev–Trinajstić information content (AvgIpc) is 2.30. The second-order valence-corrected chi connectivity index (χ2v) is 3.88. The standard InChI is InChI=1S/C11H8BrN3O/c12-10-6-8(3-5-14-10)11(16)15-9-2-1-4-13-7-9/h1-7H,(H,15,16). The van der Waals surface area contributed by atoms with Crippen LogP contribution in [-0.2, 0) is 0 Å². The summed E-state index contributed by atoms with van der Waals surface area (Å²) in [5, 5.41) is 2.74. The molecule has 2 aromatic rings. The van der Waals surface area contributed by atoms with Crippen molar-refractivity contribution >= 4 is 27.5 Å². The first kappa shape index (κ1) is 10.8. The SMILES string of the molecule is O=C(Nc1cccnc1)c1ccnc(Br)c1. The van der Waals surface area contributed by atoms with Crippen LogP contribution < -0.4 is 5.32 Å². The first-order chi connectivity index (χ1) is 7.75. The lowest BCUT2D eigenvalue weighted by Gasteiger charge is -2.04. The molecule has 2 heterocycles. The molecule has 0 radical (unpaired) electrons. The van der Waals surface area contributed by atoms with E-state index in [1.807, 2.05) is 0 Å². The molecule has 0 spiro atoms. The number of amides is 1. The molecule has 16 heavy (non-hydrogen) atoms. The van der Waals surface area contributed by atoms with Gasteiger partial charge in [0.2, 0.25) is 0 Å². The molecule has 0 aliphatic heterocycles. The van der Waals surface area contributed by atoms with Gasteiger partial charge in [0.05, 0.1) is 11.9 Å². The van der Waals surface area contributed by atoms with Gasteiger partial charge in [-0.15, -0.1) is 0 Å². The van der Waals surface area contributed by atoms with Gasteiger partial charge in [0.1, 0.15) is 4.60 Å². The van der Waals surface area contributed by atoms with E-state index in [0.717, 1.165) is 0 Å². The van der Waals surface area contributed by atoms with Gasteiger partial charge in [-0.3, -0.25) is 9.78 Å². The number of nitrogens with one attached hydrogen (secondary N) is 1. The third kappa shape index (κ3) is 2.64. The predicted octanol–water partition coefficient (Wildman–Crippen LogP) is 2.49. The van der Waals surface area contributed by atoms with E-state index in [9.17, 15) is 4.79 Å². The summed E-state index contributed by atoms with van der Waals surface area (Å²) in [6, 6.07) is 6.85. The molecule has 2 aromatic heterocycles. The van der Waals surface area contributed by atoms with E-state index in [1.165, 1.54) is 0 Å². The monoisotopic (exact) mass is 277 g/mol. The zero-order chi connectivity index (χ0) is 11.4. The van der Waals surface area contributed by atoms with E-state index >= 15 is 0 Å². The third-order valence-electron chi connectivity index (χ3n) is 1.91. The van der Waals surface area contributed by atoms with Crippen molar-refractivity contribution in [3.05, 3.63) is 53.0 Å². The topological polar surface area (TPSA) is 54.9 Å². The van der Waals surface area contributed by atoms with Crippen molar-refractivity contribution in [1.29, 1.82) is 0 Å². The van der Waals surface area contributed by atoms with Gasteiger partial charge in [-0.2, -0.15) is 0 Å². The predicted molar refractivity (Wildman–Crippen MR) is 64.1 cm³/mol. The van der Waals surface area contributed by atoms with E-state index < -0.39 is 0 Å². The van der Waals surface area contributed by atoms with Crippen LogP contribution in [0.3, 0.4) is 0 Å². The third-order valence-corrected chi connectivity index (χ3v) is 2.34. The Hall–Kier alpha value is -1.75. The lowest BCUT2D eigenvalue weighted by Crippen LogP contribution is -2.11.